The molecule has 0 unspecified atom stereocenters. The van der Waals surface area contributed by atoms with E-state index in [9.17, 15) is 0 Å². The van der Waals surface area contributed by atoms with E-state index in [4.69, 9.17) is 4.74 Å². The van der Waals surface area contributed by atoms with Crippen molar-refractivity contribution in [3.05, 3.63) is 22.7 Å². The van der Waals surface area contributed by atoms with Gasteiger partial charge in [-0.25, -0.2) is 0 Å². The van der Waals surface area contributed by atoms with Crippen LogP contribution in [0.1, 0.15) is 13.8 Å². The van der Waals surface area contributed by atoms with Gasteiger partial charge in [0.15, 0.2) is 0 Å². The van der Waals surface area contributed by atoms with Gasteiger partial charge in [-0.1, -0.05) is 15.9 Å². The van der Waals surface area contributed by atoms with Gasteiger partial charge in [0.25, 0.3) is 0 Å². The van der Waals surface area contributed by atoms with E-state index in [2.05, 4.69) is 39.6 Å². The minimum absolute atomic E-state index is 0.216. The van der Waals surface area contributed by atoms with E-state index in [1.54, 1.807) is 0 Å². The maximum absolute atomic E-state index is 5.47. The summed E-state index contributed by atoms with van der Waals surface area (Å²) in [5, 5.41) is 6.53. The Kier molecular flexibility index (Phi) is 5.63. The highest BCUT2D eigenvalue weighted by molar-refractivity contribution is 9.10. The molecule has 0 heterocycles. The monoisotopic (exact) mass is 286 g/mol. The fraction of sp³-hybridized carbons (Fsp3) is 0.500. The van der Waals surface area contributed by atoms with E-state index in [0.717, 1.165) is 29.0 Å². The average molecular weight is 287 g/mol. The van der Waals surface area contributed by atoms with Gasteiger partial charge in [-0.15, -0.1) is 0 Å². The standard InChI is InChI=1S/C12H19BrN2O/c1-4-16-9(2)8-15-12-7-10(13)5-6-11(12)14-3/h5-7,9,14-15H,4,8H2,1-3H3/t9-/m1/s1. The summed E-state index contributed by atoms with van der Waals surface area (Å²) in [6, 6.07) is 6.12. The lowest BCUT2D eigenvalue weighted by molar-refractivity contribution is 0.0855. The van der Waals surface area contributed by atoms with Crippen molar-refractivity contribution in [1.29, 1.82) is 0 Å². The lowest BCUT2D eigenvalue weighted by atomic mass is 10.2. The smallest absolute Gasteiger partial charge is 0.0719 e. The molecule has 0 aliphatic heterocycles. The van der Waals surface area contributed by atoms with Gasteiger partial charge in [0.2, 0.25) is 0 Å². The summed E-state index contributed by atoms with van der Waals surface area (Å²) in [7, 11) is 1.92. The summed E-state index contributed by atoms with van der Waals surface area (Å²) in [5.74, 6) is 0. The highest BCUT2D eigenvalue weighted by Crippen LogP contribution is 2.25. The molecule has 0 aliphatic rings. The number of anilines is 2. The molecule has 0 bridgehead atoms. The maximum atomic E-state index is 5.47. The van der Waals surface area contributed by atoms with Crippen molar-refractivity contribution in [3.63, 3.8) is 0 Å². The molecule has 0 spiro atoms. The molecule has 0 fully saturated rings. The second-order valence-electron chi connectivity index (χ2n) is 3.59. The molecule has 1 aromatic carbocycles. The second-order valence-corrected chi connectivity index (χ2v) is 4.50. The first-order valence-corrected chi connectivity index (χ1v) is 6.29. The van der Waals surface area contributed by atoms with Gasteiger partial charge in [0.05, 0.1) is 17.5 Å². The Bertz CT molecular complexity index is 331. The van der Waals surface area contributed by atoms with E-state index >= 15 is 0 Å². The van der Waals surface area contributed by atoms with Gasteiger partial charge in [-0.3, -0.25) is 0 Å². The first-order valence-electron chi connectivity index (χ1n) is 5.50. The van der Waals surface area contributed by atoms with Crippen LogP contribution in [0.5, 0.6) is 0 Å². The number of ether oxygens (including phenoxy) is 1. The van der Waals surface area contributed by atoms with Gasteiger partial charge in [-0.2, -0.15) is 0 Å². The van der Waals surface area contributed by atoms with Crippen LogP contribution in [0, 0.1) is 0 Å². The quantitative estimate of drug-likeness (QED) is 0.842. The molecule has 1 rings (SSSR count). The zero-order chi connectivity index (χ0) is 12.0. The van der Waals surface area contributed by atoms with Crippen LogP contribution in [-0.2, 0) is 4.74 Å². The van der Waals surface area contributed by atoms with Crippen molar-refractivity contribution in [2.24, 2.45) is 0 Å². The molecular formula is C12H19BrN2O. The van der Waals surface area contributed by atoms with Crippen LogP contribution >= 0.6 is 15.9 Å². The minimum atomic E-state index is 0.216. The van der Waals surface area contributed by atoms with Gasteiger partial charge in [0, 0.05) is 24.7 Å². The largest absolute Gasteiger partial charge is 0.386 e. The van der Waals surface area contributed by atoms with Gasteiger partial charge in [-0.05, 0) is 32.0 Å². The Morgan fingerprint density at radius 1 is 1.38 bits per heavy atom. The van der Waals surface area contributed by atoms with Crippen molar-refractivity contribution in [2.75, 3.05) is 30.8 Å². The first-order chi connectivity index (χ1) is 7.67. The third-order valence-electron chi connectivity index (χ3n) is 2.28. The maximum Gasteiger partial charge on any atom is 0.0719 e. The van der Waals surface area contributed by atoms with Crippen LogP contribution in [0.25, 0.3) is 0 Å². The molecule has 2 N–H and O–H groups in total. The van der Waals surface area contributed by atoms with Crippen LogP contribution in [0.3, 0.4) is 0 Å². The summed E-state index contributed by atoms with van der Waals surface area (Å²) >= 11 is 3.46. The molecule has 0 aromatic heterocycles. The Hall–Kier alpha value is -0.740. The average Bonchev–Trinajstić information content (AvgIpc) is 2.27. The molecule has 0 radical (unpaired) electrons. The Labute approximate surface area is 106 Å². The zero-order valence-corrected chi connectivity index (χ0v) is 11.6. The van der Waals surface area contributed by atoms with E-state index in [-0.39, 0.29) is 6.10 Å². The van der Waals surface area contributed by atoms with Crippen LogP contribution < -0.4 is 10.6 Å². The van der Waals surface area contributed by atoms with E-state index in [1.165, 1.54) is 0 Å². The third-order valence-corrected chi connectivity index (χ3v) is 2.78. The number of nitrogens with one attached hydrogen (secondary N) is 2. The predicted molar refractivity (Wildman–Crippen MR) is 73.3 cm³/mol. The summed E-state index contributed by atoms with van der Waals surface area (Å²) in [5.41, 5.74) is 2.18. The van der Waals surface area contributed by atoms with E-state index in [0.29, 0.717) is 0 Å². The van der Waals surface area contributed by atoms with Gasteiger partial charge in [0.1, 0.15) is 0 Å². The molecule has 90 valence electrons. The summed E-state index contributed by atoms with van der Waals surface area (Å²) in [4.78, 5) is 0. The molecule has 1 aromatic rings. The summed E-state index contributed by atoms with van der Waals surface area (Å²) < 4.78 is 6.54. The summed E-state index contributed by atoms with van der Waals surface area (Å²) in [6.07, 6.45) is 0.216. The van der Waals surface area contributed by atoms with Crippen molar-refractivity contribution >= 4 is 27.3 Å². The van der Waals surface area contributed by atoms with Crippen LogP contribution in [0.15, 0.2) is 22.7 Å². The Morgan fingerprint density at radius 2 is 2.12 bits per heavy atom. The van der Waals surface area contributed by atoms with Crippen molar-refractivity contribution in [2.45, 2.75) is 20.0 Å². The fourth-order valence-electron chi connectivity index (χ4n) is 1.48. The fourth-order valence-corrected chi connectivity index (χ4v) is 1.84. The molecule has 3 nitrogen and oxygen atoms in total. The van der Waals surface area contributed by atoms with Crippen molar-refractivity contribution < 1.29 is 4.74 Å². The zero-order valence-electron chi connectivity index (χ0n) is 10.0. The highest BCUT2D eigenvalue weighted by atomic mass is 79.9. The third kappa shape index (κ3) is 4.02. The normalized spacial score (nSPS) is 12.2. The minimum Gasteiger partial charge on any atom is -0.386 e. The van der Waals surface area contributed by atoms with Crippen molar-refractivity contribution in [1.82, 2.24) is 0 Å². The molecule has 1 atom stereocenters. The molecule has 4 heteroatoms. The van der Waals surface area contributed by atoms with Crippen LogP contribution in [0.2, 0.25) is 0 Å². The lowest BCUT2D eigenvalue weighted by Crippen LogP contribution is -2.20. The first kappa shape index (κ1) is 13.3. The molecule has 0 saturated heterocycles. The molecular weight excluding hydrogens is 268 g/mol. The molecule has 16 heavy (non-hydrogen) atoms. The Balaban J connectivity index is 2.61. The number of rotatable bonds is 6. The molecule has 0 aliphatic carbocycles. The number of halogens is 1. The summed E-state index contributed by atoms with van der Waals surface area (Å²) in [6.45, 7) is 5.63. The number of hydrogen-bond acceptors (Lipinski definition) is 3. The number of benzene rings is 1. The van der Waals surface area contributed by atoms with E-state index < -0.39 is 0 Å². The lowest BCUT2D eigenvalue weighted by Gasteiger charge is -2.16. The van der Waals surface area contributed by atoms with Crippen LogP contribution in [-0.4, -0.2) is 26.3 Å². The van der Waals surface area contributed by atoms with Crippen molar-refractivity contribution in [3.8, 4) is 0 Å². The Morgan fingerprint density at radius 3 is 2.75 bits per heavy atom. The number of hydrogen-bond donors (Lipinski definition) is 2. The van der Waals surface area contributed by atoms with Crippen LogP contribution in [0.4, 0.5) is 11.4 Å². The molecule has 0 amide bonds. The highest BCUT2D eigenvalue weighted by Gasteiger charge is 2.04. The second kappa shape index (κ2) is 6.76. The predicted octanol–water partition coefficient (Wildman–Crippen LogP) is 3.33. The SMILES string of the molecule is CCO[C@H](C)CNc1cc(Br)ccc1NC. The van der Waals surface area contributed by atoms with Gasteiger partial charge >= 0.3 is 0 Å². The topological polar surface area (TPSA) is 33.3 Å². The van der Waals surface area contributed by atoms with E-state index in [1.807, 2.05) is 26.1 Å². The molecule has 0 saturated carbocycles. The van der Waals surface area contributed by atoms with Gasteiger partial charge < -0.3 is 15.4 Å².